The minimum Gasteiger partial charge on any atom is -0.466 e. The van der Waals surface area contributed by atoms with Gasteiger partial charge in [0.2, 0.25) is 0 Å². The number of esters is 1. The molecule has 1 fully saturated rings. The van der Waals surface area contributed by atoms with Gasteiger partial charge in [-0.2, -0.15) is 5.10 Å². The molecular formula is C22H31N5O3S. The zero-order valence-corrected chi connectivity index (χ0v) is 19.1. The molecule has 1 atom stereocenters. The Morgan fingerprint density at radius 2 is 2.10 bits per heavy atom. The number of aromatic amines is 1. The van der Waals surface area contributed by atoms with Crippen LogP contribution in [0.4, 0.5) is 0 Å². The van der Waals surface area contributed by atoms with Gasteiger partial charge in [0.1, 0.15) is 6.33 Å². The molecule has 2 heterocycles. The Balaban J connectivity index is 1.64. The number of thioether (sulfide) groups is 1. The largest absolute Gasteiger partial charge is 0.466 e. The third kappa shape index (κ3) is 6.80. The van der Waals surface area contributed by atoms with Crippen LogP contribution in [0.1, 0.15) is 49.0 Å². The summed E-state index contributed by atoms with van der Waals surface area (Å²) in [7, 11) is 0. The number of benzene rings is 1. The second-order valence-corrected chi connectivity index (χ2v) is 8.47. The predicted molar refractivity (Wildman–Crippen MR) is 120 cm³/mol. The average Bonchev–Trinajstić information content (AvgIpc) is 3.47. The smallest absolute Gasteiger partial charge is 0.307 e. The Hall–Kier alpha value is -2.39. The third-order valence-corrected chi connectivity index (χ3v) is 6.43. The van der Waals surface area contributed by atoms with Crippen molar-refractivity contribution in [3.8, 4) is 0 Å². The Bertz CT molecular complexity index is 828. The third-order valence-electron chi connectivity index (χ3n) is 5.48. The van der Waals surface area contributed by atoms with Gasteiger partial charge in [-0.1, -0.05) is 30.8 Å². The van der Waals surface area contributed by atoms with Gasteiger partial charge in [-0.05, 0) is 50.6 Å². The SMILES string of the molecule is CCOC(=O)CCN(CC1CCCN1CC)C(=O)c1ccc(CSc2ncn[nH]2)cc1. The summed E-state index contributed by atoms with van der Waals surface area (Å²) in [4.78, 5) is 33.5. The van der Waals surface area contributed by atoms with Gasteiger partial charge in [-0.15, -0.1) is 0 Å². The molecule has 1 aromatic heterocycles. The number of ether oxygens (including phenoxy) is 1. The normalized spacial score (nSPS) is 16.4. The highest BCUT2D eigenvalue weighted by Crippen LogP contribution is 2.21. The molecule has 0 bridgehead atoms. The van der Waals surface area contributed by atoms with Gasteiger partial charge in [0.05, 0.1) is 13.0 Å². The van der Waals surface area contributed by atoms with E-state index in [0.717, 1.165) is 42.4 Å². The second-order valence-electron chi connectivity index (χ2n) is 7.51. The Kier molecular flexibility index (Phi) is 8.90. The fraction of sp³-hybridized carbons (Fsp3) is 0.545. The summed E-state index contributed by atoms with van der Waals surface area (Å²) in [6.45, 7) is 7.34. The summed E-state index contributed by atoms with van der Waals surface area (Å²) in [5, 5.41) is 7.43. The molecule has 2 aromatic rings. The summed E-state index contributed by atoms with van der Waals surface area (Å²) < 4.78 is 5.06. The maximum atomic E-state index is 13.3. The monoisotopic (exact) mass is 445 g/mol. The molecular weight excluding hydrogens is 414 g/mol. The highest BCUT2D eigenvalue weighted by atomic mass is 32.2. The van der Waals surface area contributed by atoms with Crippen molar-refractivity contribution in [1.82, 2.24) is 25.0 Å². The number of rotatable bonds is 11. The van der Waals surface area contributed by atoms with E-state index in [4.69, 9.17) is 4.74 Å². The zero-order valence-electron chi connectivity index (χ0n) is 18.2. The van der Waals surface area contributed by atoms with Crippen molar-refractivity contribution in [3.05, 3.63) is 41.7 Å². The number of amides is 1. The quantitative estimate of drug-likeness (QED) is 0.420. The fourth-order valence-electron chi connectivity index (χ4n) is 3.85. The molecule has 1 aliphatic rings. The van der Waals surface area contributed by atoms with E-state index in [1.165, 1.54) is 6.33 Å². The van der Waals surface area contributed by atoms with Crippen LogP contribution < -0.4 is 0 Å². The standard InChI is InChI=1S/C22H31N5O3S/c1-3-26-12-5-6-19(26)14-27(13-11-20(28)30-4-2)21(29)18-9-7-17(8-10-18)15-31-22-23-16-24-25-22/h7-10,16,19H,3-6,11-15H2,1-2H3,(H,23,24,25). The van der Waals surface area contributed by atoms with Gasteiger partial charge in [-0.3, -0.25) is 19.6 Å². The molecule has 1 amide bonds. The van der Waals surface area contributed by atoms with E-state index in [1.807, 2.05) is 29.2 Å². The van der Waals surface area contributed by atoms with Crippen molar-refractivity contribution in [1.29, 1.82) is 0 Å². The summed E-state index contributed by atoms with van der Waals surface area (Å²) in [5.41, 5.74) is 1.74. The summed E-state index contributed by atoms with van der Waals surface area (Å²) in [5.74, 6) is 0.435. The number of hydrogen-bond acceptors (Lipinski definition) is 7. The molecule has 0 spiro atoms. The number of carbonyl (C=O) groups excluding carboxylic acids is 2. The summed E-state index contributed by atoms with van der Waals surface area (Å²) in [6, 6.07) is 8.00. The van der Waals surface area contributed by atoms with Crippen LogP contribution in [0, 0.1) is 0 Å². The van der Waals surface area contributed by atoms with Gasteiger partial charge >= 0.3 is 5.97 Å². The average molecular weight is 446 g/mol. The van der Waals surface area contributed by atoms with Crippen LogP contribution in [-0.4, -0.2) is 75.7 Å². The lowest BCUT2D eigenvalue weighted by molar-refractivity contribution is -0.143. The number of likely N-dealkylation sites (N-methyl/N-ethyl adjacent to an activating group) is 1. The number of aromatic nitrogens is 3. The molecule has 1 N–H and O–H groups in total. The van der Waals surface area contributed by atoms with Gasteiger partial charge in [0, 0.05) is 30.4 Å². The van der Waals surface area contributed by atoms with E-state index in [-0.39, 0.29) is 18.3 Å². The second kappa shape index (κ2) is 11.9. The zero-order chi connectivity index (χ0) is 22.1. The topological polar surface area (TPSA) is 91.4 Å². The van der Waals surface area contributed by atoms with Crippen molar-refractivity contribution in [2.45, 2.75) is 50.1 Å². The van der Waals surface area contributed by atoms with Crippen molar-refractivity contribution < 1.29 is 14.3 Å². The first kappa shape index (κ1) is 23.3. The predicted octanol–water partition coefficient (Wildman–Crippen LogP) is 2.98. The molecule has 1 saturated heterocycles. The Morgan fingerprint density at radius 3 is 2.77 bits per heavy atom. The minimum atomic E-state index is -0.265. The molecule has 9 heteroatoms. The molecule has 3 rings (SSSR count). The summed E-state index contributed by atoms with van der Waals surface area (Å²) in [6.07, 6.45) is 3.92. The van der Waals surface area contributed by atoms with Crippen LogP contribution in [0.2, 0.25) is 0 Å². The van der Waals surface area contributed by atoms with E-state index in [1.54, 1.807) is 18.7 Å². The number of hydrogen-bond donors (Lipinski definition) is 1. The highest BCUT2D eigenvalue weighted by Gasteiger charge is 2.28. The summed E-state index contributed by atoms with van der Waals surface area (Å²) >= 11 is 1.56. The maximum Gasteiger partial charge on any atom is 0.307 e. The maximum absolute atomic E-state index is 13.3. The lowest BCUT2D eigenvalue weighted by Crippen LogP contribution is -2.44. The number of nitrogens with one attached hydrogen (secondary N) is 1. The van der Waals surface area contributed by atoms with E-state index >= 15 is 0 Å². The number of nitrogens with zero attached hydrogens (tertiary/aromatic N) is 4. The first-order valence-electron chi connectivity index (χ1n) is 10.9. The van der Waals surface area contributed by atoms with Gasteiger partial charge in [0.25, 0.3) is 5.91 Å². The van der Waals surface area contributed by atoms with E-state index in [0.29, 0.717) is 31.3 Å². The molecule has 8 nitrogen and oxygen atoms in total. The van der Waals surface area contributed by atoms with Crippen LogP contribution in [0.5, 0.6) is 0 Å². The highest BCUT2D eigenvalue weighted by molar-refractivity contribution is 7.98. The minimum absolute atomic E-state index is 0.0401. The first-order chi connectivity index (χ1) is 15.1. The van der Waals surface area contributed by atoms with Gasteiger partial charge in [0.15, 0.2) is 5.16 Å². The van der Waals surface area contributed by atoms with E-state index < -0.39 is 0 Å². The fourth-order valence-corrected chi connectivity index (χ4v) is 4.58. The number of carbonyl (C=O) groups is 2. The van der Waals surface area contributed by atoms with Crippen LogP contribution in [0.3, 0.4) is 0 Å². The Labute approximate surface area is 187 Å². The molecule has 1 aromatic carbocycles. The van der Waals surface area contributed by atoms with Crippen molar-refractivity contribution in [2.24, 2.45) is 0 Å². The van der Waals surface area contributed by atoms with Crippen LogP contribution in [0.25, 0.3) is 0 Å². The molecule has 1 unspecified atom stereocenters. The number of H-pyrrole nitrogens is 1. The molecule has 1 aliphatic heterocycles. The van der Waals surface area contributed by atoms with Crippen molar-refractivity contribution >= 4 is 23.6 Å². The van der Waals surface area contributed by atoms with E-state index in [2.05, 4.69) is 27.0 Å². The van der Waals surface area contributed by atoms with Gasteiger partial charge < -0.3 is 9.64 Å². The van der Waals surface area contributed by atoms with E-state index in [9.17, 15) is 9.59 Å². The van der Waals surface area contributed by atoms with Crippen LogP contribution in [-0.2, 0) is 15.3 Å². The molecule has 31 heavy (non-hydrogen) atoms. The van der Waals surface area contributed by atoms with Crippen LogP contribution in [0.15, 0.2) is 35.7 Å². The molecule has 0 radical (unpaired) electrons. The van der Waals surface area contributed by atoms with Crippen molar-refractivity contribution in [3.63, 3.8) is 0 Å². The lowest BCUT2D eigenvalue weighted by atomic mass is 10.1. The number of likely N-dealkylation sites (tertiary alicyclic amines) is 1. The van der Waals surface area contributed by atoms with Gasteiger partial charge in [-0.25, -0.2) is 4.98 Å². The Morgan fingerprint density at radius 1 is 1.29 bits per heavy atom. The molecule has 0 aliphatic carbocycles. The van der Waals surface area contributed by atoms with Crippen molar-refractivity contribution in [2.75, 3.05) is 32.8 Å². The lowest BCUT2D eigenvalue weighted by Gasteiger charge is -2.30. The molecule has 0 saturated carbocycles. The molecule has 168 valence electrons. The first-order valence-corrected chi connectivity index (χ1v) is 11.8. The van der Waals surface area contributed by atoms with Crippen LogP contribution >= 0.6 is 11.8 Å².